The Kier molecular flexibility index (Phi) is 5.34. The minimum Gasteiger partial charge on any atom is -0.475 e. The smallest absolute Gasteiger partial charge is 0.240 e. The maximum absolute atomic E-state index is 12.3. The summed E-state index contributed by atoms with van der Waals surface area (Å²) in [6.07, 6.45) is 1.56. The van der Waals surface area contributed by atoms with Crippen molar-refractivity contribution in [3.8, 4) is 17.3 Å². The fourth-order valence-corrected chi connectivity index (χ4v) is 3.66. The molecule has 3 rings (SSSR count). The van der Waals surface area contributed by atoms with Crippen LogP contribution in [0.2, 0.25) is 0 Å². The van der Waals surface area contributed by atoms with Crippen LogP contribution in [-0.4, -0.2) is 31.8 Å². The topological polar surface area (TPSA) is 94.3 Å². The van der Waals surface area contributed by atoms with Gasteiger partial charge in [0, 0.05) is 12.6 Å². The zero-order valence-electron chi connectivity index (χ0n) is 14.5. The van der Waals surface area contributed by atoms with Crippen molar-refractivity contribution in [2.45, 2.75) is 18.7 Å². The maximum Gasteiger partial charge on any atom is 0.240 e. The third kappa shape index (κ3) is 4.47. The van der Waals surface area contributed by atoms with Crippen LogP contribution in [0, 0.1) is 13.8 Å². The molecular formula is C18H19N3O4S. The maximum atomic E-state index is 12.3. The quantitative estimate of drug-likeness (QED) is 0.640. The van der Waals surface area contributed by atoms with Gasteiger partial charge in [-0.25, -0.2) is 13.1 Å². The van der Waals surface area contributed by atoms with E-state index in [1.54, 1.807) is 42.7 Å². The first-order valence-corrected chi connectivity index (χ1v) is 9.51. The fourth-order valence-electron chi connectivity index (χ4n) is 2.46. The molecular weight excluding hydrogens is 354 g/mol. The second kappa shape index (κ2) is 7.67. The van der Waals surface area contributed by atoms with E-state index in [-0.39, 0.29) is 18.0 Å². The Morgan fingerprint density at radius 1 is 1.08 bits per heavy atom. The summed E-state index contributed by atoms with van der Waals surface area (Å²) in [6, 6.07) is 12.1. The summed E-state index contributed by atoms with van der Waals surface area (Å²) in [7, 11) is -3.57. The number of hydrogen-bond donors (Lipinski definition) is 1. The number of benzene rings is 1. The molecule has 0 aliphatic carbocycles. The van der Waals surface area contributed by atoms with Crippen LogP contribution in [0.5, 0.6) is 5.88 Å². The Hall–Kier alpha value is -2.71. The third-order valence-corrected chi connectivity index (χ3v) is 5.00. The molecule has 0 saturated heterocycles. The standard InChI is InChI=1S/C18H19N3O4S/c1-13-10-14(2)12-15(11-13)26(22,23)19-7-9-25-18-6-5-16(20-21-18)17-4-3-8-24-17/h3-6,8,10-12,19H,7,9H2,1-2H3. The minimum absolute atomic E-state index is 0.122. The third-order valence-electron chi connectivity index (χ3n) is 3.56. The molecule has 0 saturated carbocycles. The highest BCUT2D eigenvalue weighted by Gasteiger charge is 2.14. The molecule has 0 bridgehead atoms. The van der Waals surface area contributed by atoms with Gasteiger partial charge >= 0.3 is 0 Å². The van der Waals surface area contributed by atoms with E-state index in [9.17, 15) is 8.42 Å². The van der Waals surface area contributed by atoms with Crippen molar-refractivity contribution in [1.82, 2.24) is 14.9 Å². The highest BCUT2D eigenvalue weighted by molar-refractivity contribution is 7.89. The van der Waals surface area contributed by atoms with Crippen molar-refractivity contribution < 1.29 is 17.6 Å². The normalized spacial score (nSPS) is 11.5. The molecule has 0 atom stereocenters. The summed E-state index contributed by atoms with van der Waals surface area (Å²) < 4.78 is 37.8. The largest absolute Gasteiger partial charge is 0.475 e. The van der Waals surface area contributed by atoms with Crippen LogP contribution in [0.3, 0.4) is 0 Å². The second-order valence-corrected chi connectivity index (χ2v) is 7.57. The molecule has 8 heteroatoms. The van der Waals surface area contributed by atoms with Gasteiger partial charge in [0.25, 0.3) is 0 Å². The van der Waals surface area contributed by atoms with Crippen LogP contribution >= 0.6 is 0 Å². The van der Waals surface area contributed by atoms with Crippen molar-refractivity contribution >= 4 is 10.0 Å². The molecule has 0 radical (unpaired) electrons. The second-order valence-electron chi connectivity index (χ2n) is 5.80. The average Bonchev–Trinajstić information content (AvgIpc) is 3.13. The molecule has 0 amide bonds. The number of rotatable bonds is 7. The highest BCUT2D eigenvalue weighted by atomic mass is 32.2. The van der Waals surface area contributed by atoms with Crippen molar-refractivity contribution in [2.75, 3.05) is 13.2 Å². The average molecular weight is 373 g/mol. The first-order valence-electron chi connectivity index (χ1n) is 8.02. The Morgan fingerprint density at radius 2 is 1.85 bits per heavy atom. The van der Waals surface area contributed by atoms with Gasteiger partial charge in [-0.2, -0.15) is 0 Å². The first kappa shape index (κ1) is 18.1. The number of aryl methyl sites for hydroxylation is 2. The highest BCUT2D eigenvalue weighted by Crippen LogP contribution is 2.18. The van der Waals surface area contributed by atoms with Gasteiger partial charge in [-0.3, -0.25) is 0 Å². The van der Waals surface area contributed by atoms with E-state index in [4.69, 9.17) is 9.15 Å². The predicted octanol–water partition coefficient (Wildman–Crippen LogP) is 2.71. The molecule has 1 N–H and O–H groups in total. The summed E-state index contributed by atoms with van der Waals surface area (Å²) >= 11 is 0. The van der Waals surface area contributed by atoms with E-state index in [1.165, 1.54) is 0 Å². The van der Waals surface area contributed by atoms with E-state index in [2.05, 4.69) is 14.9 Å². The molecule has 2 aromatic heterocycles. The van der Waals surface area contributed by atoms with Crippen LogP contribution in [0.25, 0.3) is 11.5 Å². The van der Waals surface area contributed by atoms with Gasteiger partial charge in [0.05, 0.1) is 11.2 Å². The number of hydrogen-bond acceptors (Lipinski definition) is 6. The molecule has 0 fully saturated rings. The van der Waals surface area contributed by atoms with Gasteiger partial charge < -0.3 is 9.15 Å². The number of aromatic nitrogens is 2. The van der Waals surface area contributed by atoms with Crippen LogP contribution < -0.4 is 9.46 Å². The Bertz CT molecular complexity index is 948. The fraction of sp³-hybridized carbons (Fsp3) is 0.222. The van der Waals surface area contributed by atoms with Crippen LogP contribution in [0.15, 0.2) is 58.0 Å². The van der Waals surface area contributed by atoms with Gasteiger partial charge in [-0.1, -0.05) is 6.07 Å². The van der Waals surface area contributed by atoms with Gasteiger partial charge in [-0.15, -0.1) is 10.2 Å². The number of ether oxygens (including phenoxy) is 1. The van der Waals surface area contributed by atoms with E-state index < -0.39 is 10.0 Å². The summed E-state index contributed by atoms with van der Waals surface area (Å²) in [6.45, 7) is 3.98. The van der Waals surface area contributed by atoms with Crippen LogP contribution in [-0.2, 0) is 10.0 Å². The summed E-state index contributed by atoms with van der Waals surface area (Å²) in [5.74, 6) is 0.927. The lowest BCUT2D eigenvalue weighted by Gasteiger charge is -2.09. The molecule has 26 heavy (non-hydrogen) atoms. The number of sulfonamides is 1. The number of furan rings is 1. The zero-order chi connectivity index (χ0) is 18.6. The zero-order valence-corrected chi connectivity index (χ0v) is 15.3. The Morgan fingerprint density at radius 3 is 2.46 bits per heavy atom. The van der Waals surface area contributed by atoms with Crippen LogP contribution in [0.1, 0.15) is 11.1 Å². The molecule has 0 aliphatic rings. The monoisotopic (exact) mass is 373 g/mol. The number of nitrogens with one attached hydrogen (secondary N) is 1. The molecule has 0 spiro atoms. The van der Waals surface area contributed by atoms with Gasteiger partial charge in [0.1, 0.15) is 12.3 Å². The summed E-state index contributed by atoms with van der Waals surface area (Å²) in [4.78, 5) is 0.248. The molecule has 0 aliphatic heterocycles. The lowest BCUT2D eigenvalue weighted by molar-refractivity contribution is 0.307. The van der Waals surface area contributed by atoms with E-state index in [1.807, 2.05) is 19.9 Å². The van der Waals surface area contributed by atoms with E-state index in [0.29, 0.717) is 17.3 Å². The lowest BCUT2D eigenvalue weighted by Crippen LogP contribution is -2.28. The molecule has 2 heterocycles. The van der Waals surface area contributed by atoms with Gasteiger partial charge in [-0.05, 0) is 55.3 Å². The lowest BCUT2D eigenvalue weighted by atomic mass is 10.2. The van der Waals surface area contributed by atoms with Crippen molar-refractivity contribution in [3.05, 3.63) is 59.9 Å². The molecule has 7 nitrogen and oxygen atoms in total. The van der Waals surface area contributed by atoms with Crippen LogP contribution in [0.4, 0.5) is 0 Å². The summed E-state index contributed by atoms with van der Waals surface area (Å²) in [5.41, 5.74) is 2.39. The Balaban J connectivity index is 1.53. The molecule has 1 aromatic carbocycles. The SMILES string of the molecule is Cc1cc(C)cc(S(=O)(=O)NCCOc2ccc(-c3ccco3)nn2)c1. The summed E-state index contributed by atoms with van der Waals surface area (Å²) in [5, 5.41) is 7.95. The van der Waals surface area contributed by atoms with Crippen molar-refractivity contribution in [3.63, 3.8) is 0 Å². The van der Waals surface area contributed by atoms with Crippen molar-refractivity contribution in [2.24, 2.45) is 0 Å². The Labute approximate surface area is 152 Å². The molecule has 136 valence electrons. The van der Waals surface area contributed by atoms with Gasteiger partial charge in [0.2, 0.25) is 15.9 Å². The number of nitrogens with zero attached hydrogens (tertiary/aromatic N) is 2. The first-order chi connectivity index (χ1) is 12.4. The van der Waals surface area contributed by atoms with E-state index in [0.717, 1.165) is 11.1 Å². The molecule has 3 aromatic rings. The predicted molar refractivity (Wildman–Crippen MR) is 96.3 cm³/mol. The minimum atomic E-state index is -3.57. The van der Waals surface area contributed by atoms with Gasteiger partial charge in [0.15, 0.2) is 5.76 Å². The van der Waals surface area contributed by atoms with E-state index >= 15 is 0 Å². The van der Waals surface area contributed by atoms with Crippen molar-refractivity contribution in [1.29, 1.82) is 0 Å². The molecule has 0 unspecified atom stereocenters.